The first kappa shape index (κ1) is 57.1. The third kappa shape index (κ3) is 36.9. The van der Waals surface area contributed by atoms with E-state index in [1.54, 1.807) is 0 Å². The molecule has 0 bridgehead atoms. The van der Waals surface area contributed by atoms with E-state index in [4.69, 9.17) is 0 Å². The molecule has 0 aromatic heterocycles. The third-order valence-electron chi connectivity index (χ3n) is 13.3. The first-order valence-electron chi connectivity index (χ1n) is 26.9. The molecule has 0 spiro atoms. The number of carbonyl (C=O) groups is 2. The van der Waals surface area contributed by atoms with Crippen molar-refractivity contribution < 1.29 is 19.8 Å². The first-order chi connectivity index (χ1) is 28.4. The molecule has 0 saturated carbocycles. The van der Waals surface area contributed by atoms with Crippen molar-refractivity contribution in [1.29, 1.82) is 0 Å². The number of carboxylic acids is 1. The Morgan fingerprint density at radius 1 is 0.328 bits per heavy atom. The van der Waals surface area contributed by atoms with Gasteiger partial charge in [-0.25, -0.2) is 4.79 Å². The molecule has 2 unspecified atom stereocenters. The topological polar surface area (TPSA) is 74.6 Å². The fourth-order valence-electron chi connectivity index (χ4n) is 9.18. The second-order valence-corrected chi connectivity index (χ2v) is 19.0. The monoisotopic (exact) mass is 819 g/mol. The Balaban J connectivity index is 4.57. The molecule has 0 heterocycles. The molecular weight excluding hydrogens is 713 g/mol. The number of hydrogen-bond acceptors (Lipinski definition) is 3. The van der Waals surface area contributed by atoms with Crippen LogP contribution in [-0.4, -0.2) is 27.6 Å². The molecule has 58 heavy (non-hydrogen) atoms. The van der Waals surface area contributed by atoms with Gasteiger partial charge in [0.25, 0.3) is 0 Å². The van der Waals surface area contributed by atoms with Gasteiger partial charge >= 0.3 is 5.97 Å². The van der Waals surface area contributed by atoms with Gasteiger partial charge in [-0.15, -0.1) is 0 Å². The van der Waals surface area contributed by atoms with Crippen LogP contribution in [-0.2, 0) is 9.59 Å². The standard InChI is InChI=1S/C54H106O4/c1-4-7-10-13-16-19-22-25-28-29-31-34-37-40-43-46-49-51(48-45-42-39-36-33-30-26-23-20-17-14-11-8-5-2)52(55)54(58,53(56)57)50-47-44-41-38-35-32-27-24-21-18-15-12-9-6-3/h51,58H,4-50H2,1-3H3,(H,56,57). The summed E-state index contributed by atoms with van der Waals surface area (Å²) >= 11 is 0. The number of carbonyl (C=O) groups excluding carboxylic acids is 1. The number of rotatable bonds is 50. The summed E-state index contributed by atoms with van der Waals surface area (Å²) in [4.78, 5) is 26.4. The fraction of sp³-hybridized carbons (Fsp3) is 0.963. The van der Waals surface area contributed by atoms with Crippen LogP contribution in [0.4, 0.5) is 0 Å². The van der Waals surface area contributed by atoms with Crippen molar-refractivity contribution in [2.75, 3.05) is 0 Å². The minimum absolute atomic E-state index is 0.0629. The molecule has 4 nitrogen and oxygen atoms in total. The van der Waals surface area contributed by atoms with Crippen LogP contribution in [0.5, 0.6) is 0 Å². The molecular formula is C54H106O4. The Hall–Kier alpha value is -0.900. The second kappa shape index (κ2) is 45.6. The van der Waals surface area contributed by atoms with Gasteiger partial charge in [-0.05, 0) is 25.7 Å². The molecule has 346 valence electrons. The lowest BCUT2D eigenvalue weighted by atomic mass is 9.80. The van der Waals surface area contributed by atoms with Crippen LogP contribution in [0, 0.1) is 5.92 Å². The molecule has 0 aromatic carbocycles. The first-order valence-corrected chi connectivity index (χ1v) is 26.9. The molecule has 0 aliphatic rings. The lowest BCUT2D eigenvalue weighted by Gasteiger charge is -2.27. The molecule has 0 saturated heterocycles. The maximum atomic E-state index is 13.9. The summed E-state index contributed by atoms with van der Waals surface area (Å²) in [5.41, 5.74) is -2.23. The average molecular weight is 819 g/mol. The number of ketones is 1. The van der Waals surface area contributed by atoms with Gasteiger partial charge in [0.15, 0.2) is 5.78 Å². The van der Waals surface area contributed by atoms with Gasteiger partial charge in [0.05, 0.1) is 0 Å². The summed E-state index contributed by atoms with van der Waals surface area (Å²) in [6, 6.07) is 0. The van der Waals surface area contributed by atoms with Gasteiger partial charge in [-0.3, -0.25) is 4.79 Å². The smallest absolute Gasteiger partial charge is 0.343 e. The van der Waals surface area contributed by atoms with E-state index in [1.807, 2.05) is 0 Å². The minimum Gasteiger partial charge on any atom is -0.479 e. The summed E-state index contributed by atoms with van der Waals surface area (Å²) < 4.78 is 0. The molecule has 0 aliphatic carbocycles. The summed E-state index contributed by atoms with van der Waals surface area (Å²) in [5, 5.41) is 21.6. The van der Waals surface area contributed by atoms with E-state index in [1.165, 1.54) is 231 Å². The number of aliphatic hydroxyl groups is 1. The van der Waals surface area contributed by atoms with Crippen molar-refractivity contribution in [1.82, 2.24) is 0 Å². The Morgan fingerprint density at radius 2 is 0.517 bits per heavy atom. The minimum atomic E-state index is -2.23. The summed E-state index contributed by atoms with van der Waals surface area (Å²) in [5.74, 6) is -2.06. The molecule has 0 fully saturated rings. The predicted octanol–water partition coefficient (Wildman–Crippen LogP) is 18.4. The van der Waals surface area contributed by atoms with Gasteiger partial charge in [0.1, 0.15) is 0 Å². The Bertz CT molecular complexity index is 841. The van der Waals surface area contributed by atoms with E-state index in [-0.39, 0.29) is 12.3 Å². The van der Waals surface area contributed by atoms with Crippen LogP contribution in [0.15, 0.2) is 0 Å². The van der Waals surface area contributed by atoms with Crippen molar-refractivity contribution in [3.8, 4) is 0 Å². The lowest BCUT2D eigenvalue weighted by molar-refractivity contribution is -0.168. The van der Waals surface area contributed by atoms with Crippen molar-refractivity contribution in [2.24, 2.45) is 5.92 Å². The average Bonchev–Trinajstić information content (AvgIpc) is 3.22. The Kier molecular flexibility index (Phi) is 44.9. The van der Waals surface area contributed by atoms with Crippen LogP contribution < -0.4 is 0 Å². The van der Waals surface area contributed by atoms with Crippen LogP contribution in [0.1, 0.15) is 323 Å². The number of carboxylic acid groups (broad SMARTS) is 1. The van der Waals surface area contributed by atoms with Crippen LogP contribution in [0.2, 0.25) is 0 Å². The zero-order chi connectivity index (χ0) is 42.5. The maximum absolute atomic E-state index is 13.9. The van der Waals surface area contributed by atoms with E-state index in [0.29, 0.717) is 6.42 Å². The Labute approximate surface area is 364 Å². The van der Waals surface area contributed by atoms with Crippen LogP contribution in [0.25, 0.3) is 0 Å². The molecule has 0 rings (SSSR count). The number of aliphatic carboxylic acids is 1. The van der Waals surface area contributed by atoms with Crippen molar-refractivity contribution in [3.05, 3.63) is 0 Å². The quantitative estimate of drug-likeness (QED) is 0.0474. The van der Waals surface area contributed by atoms with Gasteiger partial charge in [0, 0.05) is 5.92 Å². The highest BCUT2D eigenvalue weighted by atomic mass is 16.4. The SMILES string of the molecule is CCCCCCCCCCCCCCCCCCC(CCCCCCCCCCCCCCCC)C(=O)C(O)(CCCCCCCCCCCCCCCC)C(=O)O. The highest BCUT2D eigenvalue weighted by Gasteiger charge is 2.46. The van der Waals surface area contributed by atoms with Gasteiger partial charge < -0.3 is 10.2 Å². The summed E-state index contributed by atoms with van der Waals surface area (Å²) in [7, 11) is 0. The van der Waals surface area contributed by atoms with E-state index in [0.717, 1.165) is 57.8 Å². The van der Waals surface area contributed by atoms with Gasteiger partial charge in [-0.2, -0.15) is 0 Å². The molecule has 4 heteroatoms. The lowest BCUT2D eigenvalue weighted by Crippen LogP contribution is -2.49. The van der Waals surface area contributed by atoms with E-state index in [2.05, 4.69) is 20.8 Å². The highest BCUT2D eigenvalue weighted by molar-refractivity contribution is 6.07. The summed E-state index contributed by atoms with van der Waals surface area (Å²) in [6.45, 7) is 6.83. The molecule has 2 N–H and O–H groups in total. The van der Waals surface area contributed by atoms with Gasteiger partial charge in [-0.1, -0.05) is 297 Å². The van der Waals surface area contributed by atoms with E-state index < -0.39 is 17.4 Å². The van der Waals surface area contributed by atoms with Crippen molar-refractivity contribution in [3.63, 3.8) is 0 Å². The normalized spacial score (nSPS) is 13.2. The van der Waals surface area contributed by atoms with Gasteiger partial charge in [0.2, 0.25) is 5.60 Å². The zero-order valence-corrected chi connectivity index (χ0v) is 40.0. The number of unbranched alkanes of at least 4 members (excludes halogenated alkanes) is 41. The van der Waals surface area contributed by atoms with Crippen molar-refractivity contribution >= 4 is 11.8 Å². The molecule has 0 aliphatic heterocycles. The van der Waals surface area contributed by atoms with E-state index in [9.17, 15) is 19.8 Å². The molecule has 0 radical (unpaired) electrons. The summed E-state index contributed by atoms with van der Waals surface area (Å²) in [6.07, 6.45) is 57.9. The van der Waals surface area contributed by atoms with Crippen molar-refractivity contribution in [2.45, 2.75) is 328 Å². The molecule has 2 atom stereocenters. The predicted molar refractivity (Wildman–Crippen MR) is 255 cm³/mol. The zero-order valence-electron chi connectivity index (χ0n) is 40.0. The Morgan fingerprint density at radius 3 is 0.724 bits per heavy atom. The molecule has 0 amide bonds. The number of hydrogen-bond donors (Lipinski definition) is 2. The third-order valence-corrected chi connectivity index (χ3v) is 13.3. The highest BCUT2D eigenvalue weighted by Crippen LogP contribution is 2.29. The fourth-order valence-corrected chi connectivity index (χ4v) is 9.18. The van der Waals surface area contributed by atoms with Crippen LogP contribution in [0.3, 0.4) is 0 Å². The maximum Gasteiger partial charge on any atom is 0.343 e. The second-order valence-electron chi connectivity index (χ2n) is 19.0. The largest absolute Gasteiger partial charge is 0.479 e. The van der Waals surface area contributed by atoms with E-state index >= 15 is 0 Å². The number of Topliss-reactive ketones (excluding diaryl/α,β-unsaturated/α-hetero) is 1. The molecule has 0 aromatic rings. The van der Waals surface area contributed by atoms with Crippen LogP contribution >= 0.6 is 0 Å².